The van der Waals surface area contributed by atoms with Crippen molar-refractivity contribution in [3.63, 3.8) is 0 Å². The molecule has 1 aliphatic heterocycles. The summed E-state index contributed by atoms with van der Waals surface area (Å²) in [6, 6.07) is 11.2. The predicted octanol–water partition coefficient (Wildman–Crippen LogP) is 7.77. The van der Waals surface area contributed by atoms with Crippen molar-refractivity contribution in [3.8, 4) is 0 Å². The van der Waals surface area contributed by atoms with Gasteiger partial charge in [0.2, 0.25) is 0 Å². The van der Waals surface area contributed by atoms with Gasteiger partial charge >= 0.3 is 5.51 Å². The van der Waals surface area contributed by atoms with E-state index in [0.717, 1.165) is 16.7 Å². The zero-order valence-corrected chi connectivity index (χ0v) is 17.1. The molecule has 0 radical (unpaired) electrons. The highest BCUT2D eigenvalue weighted by molar-refractivity contribution is 8.03. The van der Waals surface area contributed by atoms with Crippen LogP contribution in [0, 0.1) is 11.6 Å². The number of halogens is 5. The average molecular weight is 447 g/mol. The summed E-state index contributed by atoms with van der Waals surface area (Å²) in [5, 5.41) is 0. The molecule has 1 unspecified atom stereocenters. The lowest BCUT2D eigenvalue weighted by Crippen LogP contribution is -2.03. The molecule has 31 heavy (non-hydrogen) atoms. The number of allylic oxidation sites excluding steroid dienone is 6. The fourth-order valence-electron chi connectivity index (χ4n) is 3.72. The molecule has 1 nitrogen and oxygen atoms in total. The fourth-order valence-corrected chi connectivity index (χ4v) is 4.33. The van der Waals surface area contributed by atoms with Crippen LogP contribution in [0.4, 0.5) is 22.0 Å². The Labute approximate surface area is 181 Å². The van der Waals surface area contributed by atoms with Crippen LogP contribution in [0.25, 0.3) is 5.57 Å². The Hall–Kier alpha value is -2.67. The Morgan fingerprint density at radius 2 is 1.65 bits per heavy atom. The normalized spacial score (nSPS) is 19.0. The first kappa shape index (κ1) is 21.6. The molecule has 1 atom stereocenters. The van der Waals surface area contributed by atoms with Crippen molar-refractivity contribution < 1.29 is 22.0 Å². The van der Waals surface area contributed by atoms with Gasteiger partial charge in [0.05, 0.1) is 11.6 Å². The predicted molar refractivity (Wildman–Crippen MR) is 115 cm³/mol. The molecule has 0 N–H and O–H groups in total. The van der Waals surface area contributed by atoms with E-state index in [2.05, 4.69) is 4.99 Å². The summed E-state index contributed by atoms with van der Waals surface area (Å²) in [5.41, 5.74) is -1.32. The number of aliphatic imine (C=N–C) groups is 1. The van der Waals surface area contributed by atoms with Crippen molar-refractivity contribution in [2.45, 2.75) is 30.8 Å². The van der Waals surface area contributed by atoms with Crippen LogP contribution < -0.4 is 0 Å². The molecule has 2 aliphatic rings. The minimum absolute atomic E-state index is 0.0605. The molecule has 0 bridgehead atoms. The topological polar surface area (TPSA) is 12.4 Å². The second-order valence-corrected chi connectivity index (χ2v) is 8.45. The van der Waals surface area contributed by atoms with Gasteiger partial charge in [0.1, 0.15) is 11.6 Å². The van der Waals surface area contributed by atoms with Gasteiger partial charge in [-0.25, -0.2) is 8.78 Å². The molecule has 1 heterocycles. The number of benzene rings is 2. The van der Waals surface area contributed by atoms with Gasteiger partial charge in [-0.3, -0.25) is 4.99 Å². The summed E-state index contributed by atoms with van der Waals surface area (Å²) in [5.74, 6) is -1.23. The molecule has 0 saturated carbocycles. The summed E-state index contributed by atoms with van der Waals surface area (Å²) < 4.78 is 65.9. The molecule has 4 rings (SSSR count). The van der Waals surface area contributed by atoms with Gasteiger partial charge in [0.25, 0.3) is 0 Å². The van der Waals surface area contributed by atoms with E-state index in [9.17, 15) is 22.0 Å². The van der Waals surface area contributed by atoms with E-state index in [1.54, 1.807) is 12.2 Å². The zero-order chi connectivity index (χ0) is 22.0. The van der Waals surface area contributed by atoms with Crippen LogP contribution in [0.1, 0.15) is 42.0 Å². The van der Waals surface area contributed by atoms with Crippen LogP contribution >= 0.6 is 11.8 Å². The molecule has 0 spiro atoms. The third-order valence-corrected chi connectivity index (χ3v) is 5.95. The highest BCUT2D eigenvalue weighted by Gasteiger charge is 2.30. The van der Waals surface area contributed by atoms with Gasteiger partial charge in [0, 0.05) is 5.71 Å². The van der Waals surface area contributed by atoms with Crippen molar-refractivity contribution in [1.29, 1.82) is 0 Å². The van der Waals surface area contributed by atoms with Crippen LogP contribution in [0.2, 0.25) is 0 Å². The number of rotatable bonds is 4. The average Bonchev–Trinajstić information content (AvgIpc) is 3.07. The smallest absolute Gasteiger partial charge is 0.281 e. The summed E-state index contributed by atoms with van der Waals surface area (Å²) in [6.45, 7) is 0. The highest BCUT2D eigenvalue weighted by atomic mass is 32.2. The third-order valence-electron chi connectivity index (χ3n) is 5.16. The van der Waals surface area contributed by atoms with Crippen molar-refractivity contribution in [2.75, 3.05) is 0 Å². The first-order valence-corrected chi connectivity index (χ1v) is 10.6. The molecule has 7 heteroatoms. The first-order valence-electron chi connectivity index (χ1n) is 9.75. The Kier molecular flexibility index (Phi) is 6.14. The molecule has 1 aliphatic carbocycles. The number of thioether (sulfide) groups is 1. The van der Waals surface area contributed by atoms with Gasteiger partial charge in [-0.05, 0) is 64.8 Å². The Bertz CT molecular complexity index is 1070. The second kappa shape index (κ2) is 8.83. The fraction of sp³-hybridized carbons (Fsp3) is 0.208. The van der Waals surface area contributed by atoms with Crippen LogP contribution in [0.5, 0.6) is 0 Å². The van der Waals surface area contributed by atoms with Gasteiger partial charge in [0.15, 0.2) is 0 Å². The maximum Gasteiger partial charge on any atom is 0.446 e. The lowest BCUT2D eigenvalue weighted by atomic mass is 9.99. The summed E-state index contributed by atoms with van der Waals surface area (Å²) in [6.07, 6.45) is 8.08. The maximum atomic E-state index is 14.0. The number of hydrogen-bond acceptors (Lipinski definition) is 2. The van der Waals surface area contributed by atoms with Crippen molar-refractivity contribution >= 4 is 23.0 Å². The van der Waals surface area contributed by atoms with E-state index in [1.807, 2.05) is 30.3 Å². The van der Waals surface area contributed by atoms with E-state index in [-0.39, 0.29) is 34.7 Å². The van der Waals surface area contributed by atoms with Gasteiger partial charge in [-0.15, -0.1) is 0 Å². The molecule has 0 fully saturated rings. The largest absolute Gasteiger partial charge is 0.446 e. The molecule has 0 amide bonds. The highest BCUT2D eigenvalue weighted by Crippen LogP contribution is 2.39. The van der Waals surface area contributed by atoms with Crippen LogP contribution in [-0.2, 0) is 0 Å². The molecule has 2 aromatic carbocycles. The summed E-state index contributed by atoms with van der Waals surface area (Å²) in [7, 11) is 0. The Morgan fingerprint density at radius 1 is 0.935 bits per heavy atom. The van der Waals surface area contributed by atoms with E-state index >= 15 is 0 Å². The van der Waals surface area contributed by atoms with Gasteiger partial charge < -0.3 is 0 Å². The van der Waals surface area contributed by atoms with E-state index in [1.165, 1.54) is 24.3 Å². The molecular formula is C24H18F5NS. The maximum absolute atomic E-state index is 14.0. The van der Waals surface area contributed by atoms with E-state index < -0.39 is 17.1 Å². The van der Waals surface area contributed by atoms with Crippen LogP contribution in [-0.4, -0.2) is 11.2 Å². The van der Waals surface area contributed by atoms with Crippen molar-refractivity contribution in [3.05, 3.63) is 100.0 Å². The van der Waals surface area contributed by atoms with Crippen molar-refractivity contribution in [2.24, 2.45) is 4.99 Å². The van der Waals surface area contributed by atoms with E-state index in [4.69, 9.17) is 0 Å². The minimum Gasteiger partial charge on any atom is -0.281 e. The number of hydrogen-bond donors (Lipinski definition) is 0. The number of nitrogens with zero attached hydrogens (tertiary/aromatic N) is 1. The Morgan fingerprint density at radius 3 is 2.32 bits per heavy atom. The molecule has 0 aromatic heterocycles. The molecular weight excluding hydrogens is 429 g/mol. The summed E-state index contributed by atoms with van der Waals surface area (Å²) >= 11 is -0.0950. The van der Waals surface area contributed by atoms with E-state index in [0.29, 0.717) is 18.6 Å². The number of alkyl halides is 3. The van der Waals surface area contributed by atoms with Gasteiger partial charge in [-0.1, -0.05) is 54.6 Å². The van der Waals surface area contributed by atoms with Crippen LogP contribution in [0.3, 0.4) is 0 Å². The molecule has 2 aromatic rings. The minimum atomic E-state index is -4.30. The van der Waals surface area contributed by atoms with Crippen LogP contribution in [0.15, 0.2) is 76.7 Å². The second-order valence-electron chi connectivity index (χ2n) is 7.26. The standard InChI is InChI=1S/C24H18F5NS/c25-19-5-2-6-20(26)23(19)22-14-13-21(30-22)17-9-7-16(8-10-17)15-3-1-4-18(12-11-15)31-24(27,28)29/h1-3,5-12,21H,4,13-14H2. The first-order chi connectivity index (χ1) is 14.8. The summed E-state index contributed by atoms with van der Waals surface area (Å²) in [4.78, 5) is 4.78. The third kappa shape index (κ3) is 5.15. The lowest BCUT2D eigenvalue weighted by molar-refractivity contribution is -0.0322. The lowest BCUT2D eigenvalue weighted by Gasteiger charge is -2.09. The SMILES string of the molecule is Fc1cccc(F)c1C1=NC(c2ccc(C3=CC=C(SC(F)(F)F)CC=C3)cc2)CC1. The quantitative estimate of drug-likeness (QED) is 0.436. The molecule has 0 saturated heterocycles. The van der Waals surface area contributed by atoms with Gasteiger partial charge in [-0.2, -0.15) is 13.2 Å². The van der Waals surface area contributed by atoms with Crippen molar-refractivity contribution in [1.82, 2.24) is 0 Å². The molecule has 160 valence electrons. The zero-order valence-electron chi connectivity index (χ0n) is 16.3. The Balaban J connectivity index is 1.52. The monoisotopic (exact) mass is 447 g/mol.